The van der Waals surface area contributed by atoms with Gasteiger partial charge in [0.1, 0.15) is 19.3 Å². The number of esters is 4. The number of phosphoric ester groups is 2. The standard InChI is InChI=1S/C87H170O17P2/c1-8-10-11-12-13-14-15-16-17-18-19-20-26-31-36-41-46-54-61-68-84(89)97-74-82(103-86(91)70-63-56-47-42-37-32-27-22-21-24-29-34-39-44-51-58-65-78(3)4)76-101-105(93,94)99-72-81(88)73-100-106(95,96)102-77-83(75-98-85(90)69-62-55-50-49-53-60-67-80(7)9-2)104-87(92)71-64-57-48-43-38-33-28-23-25-30-35-40-45-52-59-66-79(5)6/h78-83,88H,8-77H2,1-7H3,(H,93,94)(H,95,96)/t80?,81-,82-,83-/m1/s1. The van der Waals surface area contributed by atoms with Crippen LogP contribution >= 0.6 is 15.6 Å². The summed E-state index contributed by atoms with van der Waals surface area (Å²) in [6.07, 6.45) is 68.1. The van der Waals surface area contributed by atoms with Crippen molar-refractivity contribution in [2.45, 2.75) is 478 Å². The van der Waals surface area contributed by atoms with E-state index in [1.807, 2.05) is 0 Å². The fraction of sp³-hybridized carbons (Fsp3) is 0.954. The van der Waals surface area contributed by atoms with Gasteiger partial charge in [0.25, 0.3) is 0 Å². The van der Waals surface area contributed by atoms with Gasteiger partial charge in [-0.3, -0.25) is 37.3 Å². The summed E-state index contributed by atoms with van der Waals surface area (Å²) in [6, 6.07) is 0. The fourth-order valence-corrected chi connectivity index (χ4v) is 15.1. The summed E-state index contributed by atoms with van der Waals surface area (Å²) in [5.74, 6) is 0.238. The Balaban J connectivity index is 5.23. The van der Waals surface area contributed by atoms with E-state index in [0.717, 1.165) is 114 Å². The first-order chi connectivity index (χ1) is 51.3. The molecule has 0 radical (unpaired) electrons. The molecule has 3 N–H and O–H groups in total. The number of ether oxygens (including phenoxy) is 4. The first kappa shape index (κ1) is 104. The van der Waals surface area contributed by atoms with E-state index in [0.29, 0.717) is 25.7 Å². The molecule has 0 aliphatic carbocycles. The molecule has 3 unspecified atom stereocenters. The number of carbonyl (C=O) groups excluding carboxylic acids is 4. The van der Waals surface area contributed by atoms with Crippen molar-refractivity contribution in [1.29, 1.82) is 0 Å². The fourth-order valence-electron chi connectivity index (χ4n) is 13.5. The minimum atomic E-state index is -4.97. The number of aliphatic hydroxyl groups excluding tert-OH is 1. The minimum absolute atomic E-state index is 0.107. The predicted molar refractivity (Wildman–Crippen MR) is 437 cm³/mol. The molecule has 0 saturated carbocycles. The first-order valence-electron chi connectivity index (χ1n) is 44.9. The number of unbranched alkanes of at least 4 members (excludes halogenated alkanes) is 52. The van der Waals surface area contributed by atoms with E-state index in [2.05, 4.69) is 48.5 Å². The van der Waals surface area contributed by atoms with Gasteiger partial charge in [0.2, 0.25) is 0 Å². The van der Waals surface area contributed by atoms with Gasteiger partial charge in [-0.25, -0.2) is 9.13 Å². The summed E-state index contributed by atoms with van der Waals surface area (Å²) < 4.78 is 68.9. The summed E-state index contributed by atoms with van der Waals surface area (Å²) in [5, 5.41) is 10.7. The Labute approximate surface area is 651 Å². The summed E-state index contributed by atoms with van der Waals surface area (Å²) in [7, 11) is -9.93. The third-order valence-electron chi connectivity index (χ3n) is 20.7. The van der Waals surface area contributed by atoms with Crippen LogP contribution < -0.4 is 0 Å². The van der Waals surface area contributed by atoms with Gasteiger partial charge in [-0.2, -0.15) is 0 Å². The van der Waals surface area contributed by atoms with Gasteiger partial charge in [0.05, 0.1) is 26.4 Å². The van der Waals surface area contributed by atoms with Crippen molar-refractivity contribution >= 4 is 39.5 Å². The molecule has 0 spiro atoms. The molecular weight excluding hydrogens is 1380 g/mol. The zero-order chi connectivity index (χ0) is 77.9. The molecule has 0 heterocycles. The van der Waals surface area contributed by atoms with Crippen molar-refractivity contribution < 1.29 is 80.2 Å². The van der Waals surface area contributed by atoms with Crippen LogP contribution in [0.3, 0.4) is 0 Å². The molecule has 17 nitrogen and oxygen atoms in total. The van der Waals surface area contributed by atoms with Crippen molar-refractivity contribution in [3.05, 3.63) is 0 Å². The van der Waals surface area contributed by atoms with Crippen molar-refractivity contribution in [3.8, 4) is 0 Å². The molecule has 0 amide bonds. The normalized spacial score (nSPS) is 14.1. The molecule has 0 fully saturated rings. The molecule has 106 heavy (non-hydrogen) atoms. The van der Waals surface area contributed by atoms with Crippen LogP contribution in [0.5, 0.6) is 0 Å². The zero-order valence-corrected chi connectivity index (χ0v) is 71.7. The monoisotopic (exact) mass is 1550 g/mol. The molecule has 0 saturated heterocycles. The highest BCUT2D eigenvalue weighted by Gasteiger charge is 2.31. The van der Waals surface area contributed by atoms with Crippen LogP contribution in [0.4, 0.5) is 0 Å². The van der Waals surface area contributed by atoms with Crippen LogP contribution in [0.2, 0.25) is 0 Å². The second kappa shape index (κ2) is 77.0. The summed E-state index contributed by atoms with van der Waals surface area (Å²) in [6.45, 7) is 12.0. The highest BCUT2D eigenvalue weighted by Crippen LogP contribution is 2.45. The highest BCUT2D eigenvalue weighted by atomic mass is 31.2. The van der Waals surface area contributed by atoms with E-state index in [9.17, 15) is 43.2 Å². The number of phosphoric acid groups is 2. The lowest BCUT2D eigenvalue weighted by Crippen LogP contribution is -2.30. The van der Waals surface area contributed by atoms with E-state index in [1.165, 1.54) is 263 Å². The molecule has 0 aromatic carbocycles. The van der Waals surface area contributed by atoms with Gasteiger partial charge in [0, 0.05) is 25.7 Å². The van der Waals surface area contributed by atoms with Gasteiger partial charge in [-0.05, 0) is 43.4 Å². The average Bonchev–Trinajstić information content (AvgIpc) is 0.903. The summed E-state index contributed by atoms with van der Waals surface area (Å²) >= 11 is 0. The van der Waals surface area contributed by atoms with Crippen molar-refractivity contribution in [1.82, 2.24) is 0 Å². The van der Waals surface area contributed by atoms with E-state index in [1.54, 1.807) is 0 Å². The molecule has 0 aromatic rings. The molecule has 0 bridgehead atoms. The van der Waals surface area contributed by atoms with E-state index in [4.69, 9.17) is 37.0 Å². The molecule has 630 valence electrons. The zero-order valence-electron chi connectivity index (χ0n) is 69.9. The van der Waals surface area contributed by atoms with Crippen LogP contribution in [-0.4, -0.2) is 96.7 Å². The Morgan fingerprint density at radius 1 is 0.274 bits per heavy atom. The quantitative estimate of drug-likeness (QED) is 0.0222. The molecule has 0 aliphatic rings. The lowest BCUT2D eigenvalue weighted by molar-refractivity contribution is -0.161. The predicted octanol–water partition coefficient (Wildman–Crippen LogP) is 26.5. The van der Waals surface area contributed by atoms with E-state index >= 15 is 0 Å². The lowest BCUT2D eigenvalue weighted by Gasteiger charge is -2.21. The number of rotatable bonds is 85. The van der Waals surface area contributed by atoms with Gasteiger partial charge in [0.15, 0.2) is 12.2 Å². The third-order valence-corrected chi connectivity index (χ3v) is 22.6. The van der Waals surface area contributed by atoms with Crippen LogP contribution in [0.1, 0.15) is 459 Å². The largest absolute Gasteiger partial charge is 0.472 e. The smallest absolute Gasteiger partial charge is 0.462 e. The molecule has 0 aliphatic heterocycles. The molecular formula is C87H170O17P2. The van der Waals surface area contributed by atoms with Gasteiger partial charge >= 0.3 is 39.5 Å². The maximum atomic E-state index is 13.2. The van der Waals surface area contributed by atoms with Gasteiger partial charge in [-0.1, -0.05) is 408 Å². The van der Waals surface area contributed by atoms with Crippen LogP contribution in [0, 0.1) is 17.8 Å². The van der Waals surface area contributed by atoms with Crippen molar-refractivity contribution in [3.63, 3.8) is 0 Å². The van der Waals surface area contributed by atoms with Crippen molar-refractivity contribution in [2.75, 3.05) is 39.6 Å². The Bertz CT molecular complexity index is 2050. The molecule has 6 atom stereocenters. The van der Waals surface area contributed by atoms with Gasteiger partial charge < -0.3 is 33.8 Å². The number of carbonyl (C=O) groups is 4. The number of aliphatic hydroxyl groups is 1. The van der Waals surface area contributed by atoms with Crippen LogP contribution in [-0.2, 0) is 65.4 Å². The highest BCUT2D eigenvalue weighted by molar-refractivity contribution is 7.47. The van der Waals surface area contributed by atoms with Crippen LogP contribution in [0.15, 0.2) is 0 Å². The van der Waals surface area contributed by atoms with E-state index < -0.39 is 97.5 Å². The number of hydrogen-bond acceptors (Lipinski definition) is 15. The Kier molecular flexibility index (Phi) is 75.6. The molecule has 19 heteroatoms. The maximum Gasteiger partial charge on any atom is 0.472 e. The topological polar surface area (TPSA) is 237 Å². The second-order valence-corrected chi connectivity index (χ2v) is 35.4. The number of hydrogen-bond donors (Lipinski definition) is 3. The van der Waals surface area contributed by atoms with Gasteiger partial charge in [-0.15, -0.1) is 0 Å². The first-order valence-corrected chi connectivity index (χ1v) is 47.9. The average molecular weight is 1550 g/mol. The minimum Gasteiger partial charge on any atom is -0.462 e. The summed E-state index contributed by atoms with van der Waals surface area (Å²) in [5.41, 5.74) is 0. The Morgan fingerprint density at radius 3 is 0.717 bits per heavy atom. The lowest BCUT2D eigenvalue weighted by atomic mass is 10.00. The maximum absolute atomic E-state index is 13.2. The second-order valence-electron chi connectivity index (χ2n) is 32.5. The van der Waals surface area contributed by atoms with E-state index in [-0.39, 0.29) is 25.7 Å². The SMILES string of the molecule is CCCCCCCCCCCCCCCCCCCCCC(=O)OC[C@H](COP(=O)(O)OC[C@@H](O)COP(=O)(O)OC[C@@H](COC(=O)CCCCCCCCC(C)CC)OC(=O)CCCCCCCCCCCCCCCCCC(C)C)OC(=O)CCCCCCCCCCCCCCCCCCC(C)C. The third kappa shape index (κ3) is 78.7. The Hall–Kier alpha value is -1.94. The molecule has 0 rings (SSSR count). The van der Waals surface area contributed by atoms with Crippen molar-refractivity contribution in [2.24, 2.45) is 17.8 Å². The van der Waals surface area contributed by atoms with Crippen LogP contribution in [0.25, 0.3) is 0 Å². The Morgan fingerprint density at radius 2 is 0.481 bits per heavy atom. The summed E-state index contributed by atoms with van der Waals surface area (Å²) in [4.78, 5) is 73.3. The molecule has 0 aromatic heterocycles.